The highest BCUT2D eigenvalue weighted by atomic mass is 16.5. The van der Waals surface area contributed by atoms with Gasteiger partial charge in [-0.2, -0.15) is 0 Å². The summed E-state index contributed by atoms with van der Waals surface area (Å²) in [4.78, 5) is 15.1. The number of nitrogens with one attached hydrogen (secondary N) is 1. The maximum absolute atomic E-state index is 11.7. The minimum absolute atomic E-state index is 0.363. The van der Waals surface area contributed by atoms with Crippen molar-refractivity contribution in [2.45, 2.75) is 6.92 Å². The molecular weight excluding hydrogens is 262 g/mol. The highest BCUT2D eigenvalue weighted by Crippen LogP contribution is 2.33. The molecule has 1 N–H and O–H groups in total. The minimum atomic E-state index is -0.437. The molecule has 0 amide bonds. The number of para-hydroxylation sites is 1. The standard InChI is InChI=1S/C18H15NO2/c1-4-12-16(21-18(20)11(2)3)10-9-14-13-7-5-6-8-15(13)19-17(12)14/h4-10,19H,1-2H2,3H3. The Morgan fingerprint density at radius 2 is 1.95 bits per heavy atom. The van der Waals surface area contributed by atoms with Gasteiger partial charge in [0.05, 0.1) is 5.52 Å². The van der Waals surface area contributed by atoms with Gasteiger partial charge in [0.2, 0.25) is 0 Å². The Hall–Kier alpha value is -2.81. The van der Waals surface area contributed by atoms with Crippen molar-refractivity contribution in [1.29, 1.82) is 0 Å². The van der Waals surface area contributed by atoms with Crippen LogP contribution in [0.25, 0.3) is 27.9 Å². The number of esters is 1. The summed E-state index contributed by atoms with van der Waals surface area (Å²) in [6.07, 6.45) is 1.69. The second kappa shape index (κ2) is 4.94. The van der Waals surface area contributed by atoms with E-state index in [9.17, 15) is 4.79 Å². The summed E-state index contributed by atoms with van der Waals surface area (Å²) >= 11 is 0. The molecule has 104 valence electrons. The second-order valence-electron chi connectivity index (χ2n) is 4.94. The fraction of sp³-hybridized carbons (Fsp3) is 0.0556. The van der Waals surface area contributed by atoms with E-state index < -0.39 is 5.97 Å². The third kappa shape index (κ3) is 2.13. The van der Waals surface area contributed by atoms with Crippen LogP contribution in [-0.4, -0.2) is 11.0 Å². The molecule has 0 fully saturated rings. The van der Waals surface area contributed by atoms with Gasteiger partial charge in [-0.1, -0.05) is 37.4 Å². The van der Waals surface area contributed by atoms with Gasteiger partial charge in [-0.05, 0) is 25.1 Å². The molecule has 0 saturated heterocycles. The molecule has 3 heteroatoms. The van der Waals surface area contributed by atoms with Crippen molar-refractivity contribution in [2.24, 2.45) is 0 Å². The average molecular weight is 277 g/mol. The van der Waals surface area contributed by atoms with Crippen LogP contribution in [0, 0.1) is 0 Å². The van der Waals surface area contributed by atoms with E-state index in [4.69, 9.17) is 4.74 Å². The molecule has 3 nitrogen and oxygen atoms in total. The van der Waals surface area contributed by atoms with Crippen LogP contribution in [0.4, 0.5) is 0 Å². The van der Waals surface area contributed by atoms with Gasteiger partial charge in [0.1, 0.15) is 5.75 Å². The van der Waals surface area contributed by atoms with Crippen molar-refractivity contribution >= 4 is 33.9 Å². The average Bonchev–Trinajstić information content (AvgIpc) is 2.85. The Morgan fingerprint density at radius 3 is 2.67 bits per heavy atom. The molecule has 3 rings (SSSR count). The summed E-state index contributed by atoms with van der Waals surface area (Å²) in [6, 6.07) is 11.8. The van der Waals surface area contributed by atoms with E-state index in [0.29, 0.717) is 11.3 Å². The van der Waals surface area contributed by atoms with Crippen LogP contribution in [0.5, 0.6) is 5.75 Å². The van der Waals surface area contributed by atoms with Crippen molar-refractivity contribution in [3.8, 4) is 5.75 Å². The number of fused-ring (bicyclic) bond motifs is 3. The van der Waals surface area contributed by atoms with Gasteiger partial charge in [0.15, 0.2) is 0 Å². The van der Waals surface area contributed by atoms with E-state index in [1.54, 1.807) is 19.1 Å². The zero-order valence-corrected chi connectivity index (χ0v) is 11.8. The lowest BCUT2D eigenvalue weighted by molar-refractivity contribution is -0.130. The van der Waals surface area contributed by atoms with E-state index >= 15 is 0 Å². The summed E-state index contributed by atoms with van der Waals surface area (Å²) in [7, 11) is 0. The van der Waals surface area contributed by atoms with Crippen molar-refractivity contribution in [1.82, 2.24) is 4.98 Å². The Kier molecular flexibility index (Phi) is 3.10. The number of H-pyrrole nitrogens is 1. The predicted molar refractivity (Wildman–Crippen MR) is 86.3 cm³/mol. The third-order valence-electron chi connectivity index (χ3n) is 3.44. The van der Waals surface area contributed by atoms with Gasteiger partial charge in [0, 0.05) is 27.4 Å². The Labute approximate surface area is 122 Å². The number of hydrogen-bond donors (Lipinski definition) is 1. The van der Waals surface area contributed by atoms with Gasteiger partial charge in [0.25, 0.3) is 0 Å². The van der Waals surface area contributed by atoms with E-state index in [1.807, 2.05) is 24.3 Å². The van der Waals surface area contributed by atoms with Crippen molar-refractivity contribution in [3.63, 3.8) is 0 Å². The van der Waals surface area contributed by atoms with Crippen molar-refractivity contribution < 1.29 is 9.53 Å². The molecule has 0 spiro atoms. The predicted octanol–water partition coefficient (Wildman–Crippen LogP) is 4.45. The summed E-state index contributed by atoms with van der Waals surface area (Å²) in [5, 5.41) is 2.21. The lowest BCUT2D eigenvalue weighted by Crippen LogP contribution is -2.09. The largest absolute Gasteiger partial charge is 0.422 e. The van der Waals surface area contributed by atoms with Crippen LogP contribution in [0.15, 0.2) is 55.1 Å². The van der Waals surface area contributed by atoms with Gasteiger partial charge >= 0.3 is 5.97 Å². The van der Waals surface area contributed by atoms with Gasteiger partial charge in [-0.15, -0.1) is 0 Å². The molecule has 0 aliphatic rings. The van der Waals surface area contributed by atoms with E-state index in [2.05, 4.69) is 24.2 Å². The fourth-order valence-corrected chi connectivity index (χ4v) is 2.40. The van der Waals surface area contributed by atoms with Crippen molar-refractivity contribution in [3.05, 3.63) is 60.7 Å². The highest BCUT2D eigenvalue weighted by molar-refractivity contribution is 6.10. The van der Waals surface area contributed by atoms with E-state index in [-0.39, 0.29) is 0 Å². The molecule has 21 heavy (non-hydrogen) atoms. The first-order chi connectivity index (χ1) is 10.1. The quantitative estimate of drug-likeness (QED) is 0.436. The van der Waals surface area contributed by atoms with Gasteiger partial charge in [-0.3, -0.25) is 0 Å². The SMILES string of the molecule is C=Cc1c(OC(=O)C(=C)C)ccc2c1[nH]c1ccccc12. The molecule has 1 heterocycles. The number of benzene rings is 2. The fourth-order valence-electron chi connectivity index (χ4n) is 2.40. The molecule has 0 aliphatic carbocycles. The first-order valence-electron chi connectivity index (χ1n) is 6.65. The number of aromatic nitrogens is 1. The molecule has 0 bridgehead atoms. The summed E-state index contributed by atoms with van der Waals surface area (Å²) in [5.41, 5.74) is 3.09. The molecule has 0 aliphatic heterocycles. The van der Waals surface area contributed by atoms with Crippen molar-refractivity contribution in [2.75, 3.05) is 0 Å². The maximum Gasteiger partial charge on any atom is 0.338 e. The molecule has 2 aromatic carbocycles. The van der Waals surface area contributed by atoms with Crippen LogP contribution in [-0.2, 0) is 4.79 Å². The first-order valence-corrected chi connectivity index (χ1v) is 6.65. The Bertz CT molecular complexity index is 887. The third-order valence-corrected chi connectivity index (χ3v) is 3.44. The van der Waals surface area contributed by atoms with Crippen LogP contribution < -0.4 is 4.74 Å². The number of carbonyl (C=O) groups excluding carboxylic acids is 1. The number of aromatic amines is 1. The van der Waals surface area contributed by atoms with Crippen LogP contribution in [0.2, 0.25) is 0 Å². The zero-order valence-electron chi connectivity index (χ0n) is 11.8. The normalized spacial score (nSPS) is 10.7. The number of ether oxygens (including phenoxy) is 1. The molecule has 0 unspecified atom stereocenters. The first kappa shape index (κ1) is 13.2. The number of rotatable bonds is 3. The Morgan fingerprint density at radius 1 is 1.19 bits per heavy atom. The monoisotopic (exact) mass is 277 g/mol. The van der Waals surface area contributed by atoms with Crippen LogP contribution in [0.1, 0.15) is 12.5 Å². The molecular formula is C18H15NO2. The molecule has 1 aromatic heterocycles. The minimum Gasteiger partial charge on any atom is -0.422 e. The Balaban J connectivity index is 2.24. The second-order valence-corrected chi connectivity index (χ2v) is 4.94. The zero-order chi connectivity index (χ0) is 15.0. The van der Waals surface area contributed by atoms with E-state index in [0.717, 1.165) is 27.4 Å². The van der Waals surface area contributed by atoms with Crippen LogP contribution >= 0.6 is 0 Å². The van der Waals surface area contributed by atoms with Gasteiger partial charge < -0.3 is 9.72 Å². The van der Waals surface area contributed by atoms with E-state index in [1.165, 1.54) is 0 Å². The summed E-state index contributed by atoms with van der Waals surface area (Å²) < 4.78 is 5.37. The topological polar surface area (TPSA) is 42.1 Å². The molecule has 0 atom stereocenters. The van der Waals surface area contributed by atoms with Crippen LogP contribution in [0.3, 0.4) is 0 Å². The molecule has 0 saturated carbocycles. The van der Waals surface area contributed by atoms with Gasteiger partial charge in [-0.25, -0.2) is 4.79 Å². The number of carbonyl (C=O) groups is 1. The maximum atomic E-state index is 11.7. The lowest BCUT2D eigenvalue weighted by Gasteiger charge is -2.08. The molecule has 3 aromatic rings. The highest BCUT2D eigenvalue weighted by Gasteiger charge is 2.14. The number of hydrogen-bond acceptors (Lipinski definition) is 2. The molecule has 0 radical (unpaired) electrons. The summed E-state index contributed by atoms with van der Waals surface area (Å²) in [6.45, 7) is 9.05. The lowest BCUT2D eigenvalue weighted by atomic mass is 10.1. The smallest absolute Gasteiger partial charge is 0.338 e. The summed E-state index contributed by atoms with van der Waals surface area (Å²) in [5.74, 6) is 0.0469.